The highest BCUT2D eigenvalue weighted by molar-refractivity contribution is 9.10. The van der Waals surface area contributed by atoms with Crippen LogP contribution < -0.4 is 5.32 Å². The van der Waals surface area contributed by atoms with Crippen molar-refractivity contribution in [3.05, 3.63) is 29.0 Å². The van der Waals surface area contributed by atoms with Crippen LogP contribution in [-0.4, -0.2) is 21.4 Å². The van der Waals surface area contributed by atoms with Gasteiger partial charge < -0.3 is 5.32 Å². The van der Waals surface area contributed by atoms with Crippen molar-refractivity contribution in [1.29, 1.82) is 0 Å². The summed E-state index contributed by atoms with van der Waals surface area (Å²) in [4.78, 5) is 8.83. The lowest BCUT2D eigenvalue weighted by Crippen LogP contribution is -2.37. The fraction of sp³-hybridized carbons (Fsp3) is 0.429. The Morgan fingerprint density at radius 1 is 1.32 bits per heavy atom. The molecule has 1 saturated carbocycles. The van der Waals surface area contributed by atoms with Crippen molar-refractivity contribution in [3.63, 3.8) is 0 Å². The van der Waals surface area contributed by atoms with Crippen molar-refractivity contribution < 1.29 is 0 Å². The van der Waals surface area contributed by atoms with Gasteiger partial charge in [0, 0.05) is 22.7 Å². The molecule has 0 bridgehead atoms. The van der Waals surface area contributed by atoms with Crippen LogP contribution in [0.3, 0.4) is 0 Å². The average molecular weight is 341 g/mol. The van der Waals surface area contributed by atoms with E-state index in [9.17, 15) is 0 Å². The highest BCUT2D eigenvalue weighted by atomic mass is 79.9. The number of anilines is 1. The summed E-state index contributed by atoms with van der Waals surface area (Å²) in [6, 6.07) is 3.96. The van der Waals surface area contributed by atoms with Crippen LogP contribution in [0.5, 0.6) is 0 Å². The first-order valence-corrected chi connectivity index (χ1v) is 7.80. The zero-order chi connectivity index (χ0) is 13.3. The van der Waals surface area contributed by atoms with Crippen molar-refractivity contribution in [1.82, 2.24) is 9.97 Å². The SMILES string of the molecule is ClCC1(Nc2ccnc3cc(Br)cnc23)CCCC1. The molecule has 19 heavy (non-hydrogen) atoms. The topological polar surface area (TPSA) is 37.8 Å². The second kappa shape index (κ2) is 5.25. The third kappa shape index (κ3) is 2.56. The van der Waals surface area contributed by atoms with E-state index in [1.54, 1.807) is 6.20 Å². The van der Waals surface area contributed by atoms with Crippen molar-refractivity contribution in [2.45, 2.75) is 31.2 Å². The van der Waals surface area contributed by atoms with Gasteiger partial charge in [0.05, 0.1) is 16.7 Å². The molecule has 5 heteroatoms. The number of halogens is 2. The Kier molecular flexibility index (Phi) is 3.63. The second-order valence-electron chi connectivity index (χ2n) is 5.13. The van der Waals surface area contributed by atoms with Gasteiger partial charge in [-0.1, -0.05) is 12.8 Å². The Morgan fingerprint density at radius 2 is 2.11 bits per heavy atom. The molecule has 2 aromatic heterocycles. The Balaban J connectivity index is 2.01. The van der Waals surface area contributed by atoms with Gasteiger partial charge in [-0.25, -0.2) is 0 Å². The fourth-order valence-electron chi connectivity index (χ4n) is 2.74. The Bertz CT molecular complexity index is 596. The third-order valence-corrected chi connectivity index (χ3v) is 4.71. The number of fused-ring (bicyclic) bond motifs is 1. The van der Waals surface area contributed by atoms with Gasteiger partial charge in [0.1, 0.15) is 5.52 Å². The summed E-state index contributed by atoms with van der Waals surface area (Å²) < 4.78 is 0.942. The van der Waals surface area contributed by atoms with E-state index in [1.807, 2.05) is 18.3 Å². The summed E-state index contributed by atoms with van der Waals surface area (Å²) in [5.41, 5.74) is 2.84. The van der Waals surface area contributed by atoms with Crippen LogP contribution in [0.15, 0.2) is 29.0 Å². The highest BCUT2D eigenvalue weighted by Gasteiger charge is 2.33. The summed E-state index contributed by atoms with van der Waals surface area (Å²) in [5.74, 6) is 0.632. The lowest BCUT2D eigenvalue weighted by Gasteiger charge is -2.29. The second-order valence-corrected chi connectivity index (χ2v) is 6.31. The Labute approximate surface area is 125 Å². The average Bonchev–Trinajstić information content (AvgIpc) is 2.88. The quantitative estimate of drug-likeness (QED) is 0.844. The van der Waals surface area contributed by atoms with Crippen LogP contribution in [0.1, 0.15) is 25.7 Å². The highest BCUT2D eigenvalue weighted by Crippen LogP contribution is 2.35. The van der Waals surface area contributed by atoms with Gasteiger partial charge in [0.25, 0.3) is 0 Å². The molecule has 0 spiro atoms. The van der Waals surface area contributed by atoms with Crippen molar-refractivity contribution >= 4 is 44.3 Å². The van der Waals surface area contributed by atoms with E-state index >= 15 is 0 Å². The van der Waals surface area contributed by atoms with Crippen LogP contribution in [0.4, 0.5) is 5.69 Å². The monoisotopic (exact) mass is 339 g/mol. The largest absolute Gasteiger partial charge is 0.377 e. The maximum Gasteiger partial charge on any atom is 0.112 e. The molecule has 0 amide bonds. The summed E-state index contributed by atoms with van der Waals surface area (Å²) in [7, 11) is 0. The summed E-state index contributed by atoms with van der Waals surface area (Å²) >= 11 is 9.61. The summed E-state index contributed by atoms with van der Waals surface area (Å²) in [5, 5.41) is 3.62. The van der Waals surface area contributed by atoms with Crippen LogP contribution in [0.25, 0.3) is 11.0 Å². The number of pyridine rings is 2. The lowest BCUT2D eigenvalue weighted by atomic mass is 10.00. The molecule has 1 aliphatic rings. The van der Waals surface area contributed by atoms with Crippen LogP contribution in [-0.2, 0) is 0 Å². The maximum absolute atomic E-state index is 6.18. The number of hydrogen-bond acceptors (Lipinski definition) is 3. The number of aromatic nitrogens is 2. The zero-order valence-corrected chi connectivity index (χ0v) is 12.8. The van der Waals surface area contributed by atoms with Gasteiger partial charge in [-0.15, -0.1) is 11.6 Å². The molecule has 0 saturated heterocycles. The molecule has 0 unspecified atom stereocenters. The predicted molar refractivity (Wildman–Crippen MR) is 82.8 cm³/mol. The van der Waals surface area contributed by atoms with Gasteiger partial charge in [-0.3, -0.25) is 9.97 Å². The van der Waals surface area contributed by atoms with Crippen LogP contribution >= 0.6 is 27.5 Å². The minimum Gasteiger partial charge on any atom is -0.377 e. The van der Waals surface area contributed by atoms with Gasteiger partial charge >= 0.3 is 0 Å². The predicted octanol–water partition coefficient (Wildman–Crippen LogP) is 4.36. The van der Waals surface area contributed by atoms with Crippen LogP contribution in [0, 0.1) is 0 Å². The van der Waals surface area contributed by atoms with Crippen molar-refractivity contribution in [3.8, 4) is 0 Å². The molecule has 1 fully saturated rings. The number of nitrogens with one attached hydrogen (secondary N) is 1. The summed E-state index contributed by atoms with van der Waals surface area (Å²) in [6.45, 7) is 0. The molecule has 0 atom stereocenters. The molecule has 0 aromatic carbocycles. The number of hydrogen-bond donors (Lipinski definition) is 1. The van der Waals surface area contributed by atoms with Crippen molar-refractivity contribution in [2.24, 2.45) is 0 Å². The molecule has 3 rings (SSSR count). The Hall–Kier alpha value is -0.870. The minimum atomic E-state index is 0.0184. The molecular weight excluding hydrogens is 326 g/mol. The smallest absolute Gasteiger partial charge is 0.112 e. The van der Waals surface area contributed by atoms with E-state index in [0.29, 0.717) is 5.88 Å². The number of nitrogens with zero attached hydrogens (tertiary/aromatic N) is 2. The van der Waals surface area contributed by atoms with E-state index in [0.717, 1.165) is 34.0 Å². The van der Waals surface area contributed by atoms with E-state index in [2.05, 4.69) is 31.2 Å². The van der Waals surface area contributed by atoms with Gasteiger partial charge in [-0.05, 0) is 40.9 Å². The zero-order valence-electron chi connectivity index (χ0n) is 10.5. The first-order valence-electron chi connectivity index (χ1n) is 6.47. The minimum absolute atomic E-state index is 0.0184. The van der Waals surface area contributed by atoms with Gasteiger partial charge in [0.2, 0.25) is 0 Å². The first-order chi connectivity index (χ1) is 9.22. The molecule has 2 aromatic rings. The molecule has 1 N–H and O–H groups in total. The molecule has 0 aliphatic heterocycles. The van der Waals surface area contributed by atoms with Crippen LogP contribution in [0.2, 0.25) is 0 Å². The summed E-state index contributed by atoms with van der Waals surface area (Å²) in [6.07, 6.45) is 8.34. The number of rotatable bonds is 3. The molecule has 0 radical (unpaired) electrons. The normalized spacial score (nSPS) is 17.8. The third-order valence-electron chi connectivity index (χ3n) is 3.76. The van der Waals surface area contributed by atoms with Gasteiger partial charge in [0.15, 0.2) is 0 Å². The molecular formula is C14H15BrClN3. The molecule has 100 valence electrons. The lowest BCUT2D eigenvalue weighted by molar-refractivity contribution is 0.540. The first kappa shape index (κ1) is 13.1. The van der Waals surface area contributed by atoms with E-state index in [4.69, 9.17) is 11.6 Å². The number of alkyl halides is 1. The fourth-order valence-corrected chi connectivity index (χ4v) is 3.39. The van der Waals surface area contributed by atoms with Crippen molar-refractivity contribution in [2.75, 3.05) is 11.2 Å². The standard InChI is InChI=1S/C14H15BrClN3/c15-10-7-12-13(18-8-10)11(3-6-17-12)19-14(9-16)4-1-2-5-14/h3,6-8H,1-2,4-5,9H2,(H,17,19). The Morgan fingerprint density at radius 3 is 2.84 bits per heavy atom. The maximum atomic E-state index is 6.18. The van der Waals surface area contributed by atoms with E-state index < -0.39 is 0 Å². The molecule has 1 aliphatic carbocycles. The van der Waals surface area contributed by atoms with E-state index in [-0.39, 0.29) is 5.54 Å². The molecule has 2 heterocycles. The van der Waals surface area contributed by atoms with E-state index in [1.165, 1.54) is 12.8 Å². The van der Waals surface area contributed by atoms with Gasteiger partial charge in [-0.2, -0.15) is 0 Å². The molecule has 3 nitrogen and oxygen atoms in total.